The first kappa shape index (κ1) is 23.0. The molecule has 0 unspecified atom stereocenters. The number of para-hydroxylation sites is 2. The maximum atomic E-state index is 13.2. The van der Waals surface area contributed by atoms with Crippen LogP contribution in [-0.2, 0) is 0 Å². The zero-order valence-electron chi connectivity index (χ0n) is 20.2. The molecule has 178 valence electrons. The summed E-state index contributed by atoms with van der Waals surface area (Å²) in [5.74, 6) is -0.0413. The van der Waals surface area contributed by atoms with Gasteiger partial charge in [-0.1, -0.05) is 84.6 Å². The van der Waals surface area contributed by atoms with Crippen LogP contribution in [-0.4, -0.2) is 20.5 Å². The van der Waals surface area contributed by atoms with Crippen LogP contribution < -0.4 is 0 Å². The van der Waals surface area contributed by atoms with Crippen molar-refractivity contribution in [3.05, 3.63) is 132 Å². The maximum absolute atomic E-state index is 13.2. The molecule has 0 amide bonds. The Morgan fingerprint density at radius 2 is 1.57 bits per heavy atom. The topological polar surface area (TPSA) is 47.8 Å². The number of benzene rings is 4. The molecule has 0 fully saturated rings. The Kier molecular flexibility index (Phi) is 6.13. The van der Waals surface area contributed by atoms with Gasteiger partial charge in [0, 0.05) is 27.6 Å². The van der Waals surface area contributed by atoms with Crippen molar-refractivity contribution in [1.82, 2.24) is 14.8 Å². The van der Waals surface area contributed by atoms with Gasteiger partial charge in [0.1, 0.15) is 5.03 Å². The first-order valence-corrected chi connectivity index (χ1v) is 12.9. The van der Waals surface area contributed by atoms with E-state index in [0.29, 0.717) is 5.56 Å². The van der Waals surface area contributed by atoms with Crippen LogP contribution in [0, 0.1) is 6.92 Å². The lowest BCUT2D eigenvalue weighted by molar-refractivity contribution is 0.104. The molecule has 6 rings (SSSR count). The van der Waals surface area contributed by atoms with Gasteiger partial charge in [0.05, 0.1) is 16.9 Å². The zero-order valence-corrected chi connectivity index (χ0v) is 21.0. The Bertz CT molecular complexity index is 1780. The number of pyridine rings is 1. The number of ketones is 1. The van der Waals surface area contributed by atoms with E-state index in [2.05, 4.69) is 23.2 Å². The second-order valence-electron chi connectivity index (χ2n) is 8.74. The predicted molar refractivity (Wildman–Crippen MR) is 151 cm³/mol. The van der Waals surface area contributed by atoms with Crippen LogP contribution in [0.3, 0.4) is 0 Å². The molecule has 6 aromatic rings. The van der Waals surface area contributed by atoms with Crippen molar-refractivity contribution >= 4 is 45.3 Å². The summed E-state index contributed by atoms with van der Waals surface area (Å²) in [6.45, 7) is 1.98. The number of hydrogen-bond acceptors (Lipinski definition) is 4. The lowest BCUT2D eigenvalue weighted by atomic mass is 10.0. The van der Waals surface area contributed by atoms with Gasteiger partial charge < -0.3 is 0 Å². The number of rotatable bonds is 6. The molecular weight excluding hydrogens is 474 g/mol. The maximum Gasteiger partial charge on any atom is 0.185 e. The molecule has 0 bridgehead atoms. The molecule has 0 saturated heterocycles. The van der Waals surface area contributed by atoms with Gasteiger partial charge in [-0.05, 0) is 60.2 Å². The standard InChI is InChI=1S/C32H23N3OS/c1-22-28(18-19-29(36)26-17-16-23-9-5-6-10-25(23)21-26)32(35(34-22)27-13-3-2-4-14-27)37-30-15-7-11-24-12-8-20-33-31(24)30/h2-21H,1H3/b19-18+. The minimum atomic E-state index is -0.0413. The third kappa shape index (κ3) is 4.57. The fourth-order valence-corrected chi connectivity index (χ4v) is 5.59. The average molecular weight is 498 g/mol. The molecule has 4 nitrogen and oxygen atoms in total. The Labute approximate surface area is 219 Å². The summed E-state index contributed by atoms with van der Waals surface area (Å²) >= 11 is 1.61. The zero-order chi connectivity index (χ0) is 25.2. The lowest BCUT2D eigenvalue weighted by Crippen LogP contribution is -1.98. The summed E-state index contributed by atoms with van der Waals surface area (Å²) < 4.78 is 1.95. The molecule has 2 heterocycles. The normalized spacial score (nSPS) is 11.5. The second kappa shape index (κ2) is 9.88. The molecule has 5 heteroatoms. The van der Waals surface area contributed by atoms with Gasteiger partial charge in [-0.25, -0.2) is 4.68 Å². The molecule has 0 aliphatic rings. The van der Waals surface area contributed by atoms with Crippen LogP contribution in [0.1, 0.15) is 21.6 Å². The Balaban J connectivity index is 1.42. The largest absolute Gasteiger partial charge is 0.289 e. The van der Waals surface area contributed by atoms with Crippen molar-refractivity contribution in [3.8, 4) is 5.69 Å². The highest BCUT2D eigenvalue weighted by atomic mass is 32.2. The summed E-state index contributed by atoms with van der Waals surface area (Å²) in [4.78, 5) is 18.8. The van der Waals surface area contributed by atoms with Crippen molar-refractivity contribution in [2.45, 2.75) is 16.8 Å². The van der Waals surface area contributed by atoms with Crippen LogP contribution in [0.25, 0.3) is 33.4 Å². The van der Waals surface area contributed by atoms with Crippen LogP contribution in [0.2, 0.25) is 0 Å². The summed E-state index contributed by atoms with van der Waals surface area (Å²) in [6, 6.07) is 34.1. The molecule has 0 aliphatic heterocycles. The first-order valence-electron chi connectivity index (χ1n) is 12.1. The summed E-state index contributed by atoms with van der Waals surface area (Å²) in [5, 5.41) is 9.04. The van der Waals surface area contributed by atoms with E-state index in [4.69, 9.17) is 5.10 Å². The van der Waals surface area contributed by atoms with E-state index in [1.165, 1.54) is 0 Å². The van der Waals surface area contributed by atoms with E-state index in [0.717, 1.165) is 48.5 Å². The number of aromatic nitrogens is 3. The number of hydrogen-bond donors (Lipinski definition) is 0. The Morgan fingerprint density at radius 1 is 0.811 bits per heavy atom. The van der Waals surface area contributed by atoms with Gasteiger partial charge in [-0.15, -0.1) is 0 Å². The Morgan fingerprint density at radius 3 is 2.43 bits per heavy atom. The molecule has 4 aromatic carbocycles. The van der Waals surface area contributed by atoms with Crippen LogP contribution in [0.4, 0.5) is 0 Å². The molecular formula is C32H23N3OS. The van der Waals surface area contributed by atoms with Crippen molar-refractivity contribution < 1.29 is 4.79 Å². The highest BCUT2D eigenvalue weighted by Crippen LogP contribution is 2.37. The van der Waals surface area contributed by atoms with E-state index >= 15 is 0 Å². The minimum Gasteiger partial charge on any atom is -0.289 e. The third-order valence-corrected chi connectivity index (χ3v) is 7.44. The first-order chi connectivity index (χ1) is 18.2. The number of fused-ring (bicyclic) bond motifs is 2. The number of allylic oxidation sites excluding steroid dienone is 1. The molecule has 0 atom stereocenters. The van der Waals surface area contributed by atoms with Crippen molar-refractivity contribution in [3.63, 3.8) is 0 Å². The SMILES string of the molecule is Cc1nn(-c2ccccc2)c(Sc2cccc3cccnc23)c1/C=C/C(=O)c1ccc2ccccc2c1. The van der Waals surface area contributed by atoms with Gasteiger partial charge >= 0.3 is 0 Å². The highest BCUT2D eigenvalue weighted by molar-refractivity contribution is 7.99. The van der Waals surface area contributed by atoms with E-state index in [1.807, 2.05) is 109 Å². The predicted octanol–water partition coefficient (Wildman–Crippen LogP) is 7.93. The average Bonchev–Trinajstić information content (AvgIpc) is 3.26. The van der Waals surface area contributed by atoms with Gasteiger partial charge in [0.15, 0.2) is 5.78 Å². The van der Waals surface area contributed by atoms with Gasteiger partial charge in [-0.3, -0.25) is 9.78 Å². The van der Waals surface area contributed by atoms with Gasteiger partial charge in [0.25, 0.3) is 0 Å². The van der Waals surface area contributed by atoms with E-state index in [-0.39, 0.29) is 5.78 Å². The summed E-state index contributed by atoms with van der Waals surface area (Å²) in [7, 11) is 0. The molecule has 0 saturated carbocycles. The smallest absolute Gasteiger partial charge is 0.185 e. The second-order valence-corrected chi connectivity index (χ2v) is 9.78. The van der Waals surface area contributed by atoms with E-state index in [9.17, 15) is 4.79 Å². The van der Waals surface area contributed by atoms with Gasteiger partial charge in [0.2, 0.25) is 0 Å². The van der Waals surface area contributed by atoms with Crippen LogP contribution in [0.15, 0.2) is 125 Å². The fourth-order valence-electron chi connectivity index (χ4n) is 4.41. The summed E-state index contributed by atoms with van der Waals surface area (Å²) in [6.07, 6.45) is 5.35. The van der Waals surface area contributed by atoms with E-state index < -0.39 is 0 Å². The monoisotopic (exact) mass is 497 g/mol. The van der Waals surface area contributed by atoms with E-state index in [1.54, 1.807) is 17.8 Å². The molecule has 0 aliphatic carbocycles. The number of carbonyl (C=O) groups excluding carboxylic acids is 1. The third-order valence-electron chi connectivity index (χ3n) is 6.30. The number of nitrogens with zero attached hydrogens (tertiary/aromatic N) is 3. The molecule has 37 heavy (non-hydrogen) atoms. The molecule has 0 N–H and O–H groups in total. The molecule has 0 spiro atoms. The van der Waals surface area contributed by atoms with Crippen molar-refractivity contribution in [2.75, 3.05) is 0 Å². The lowest BCUT2D eigenvalue weighted by Gasteiger charge is -2.10. The Hall–Kier alpha value is -4.48. The highest BCUT2D eigenvalue weighted by Gasteiger charge is 2.18. The van der Waals surface area contributed by atoms with Crippen molar-refractivity contribution in [2.24, 2.45) is 0 Å². The number of aryl methyl sites for hydroxylation is 1. The fraction of sp³-hybridized carbons (Fsp3) is 0.0312. The van der Waals surface area contributed by atoms with Crippen molar-refractivity contribution in [1.29, 1.82) is 0 Å². The van der Waals surface area contributed by atoms with Crippen LogP contribution >= 0.6 is 11.8 Å². The molecule has 0 radical (unpaired) electrons. The summed E-state index contributed by atoms with van der Waals surface area (Å²) in [5.41, 5.74) is 4.32. The van der Waals surface area contributed by atoms with Gasteiger partial charge in [-0.2, -0.15) is 5.10 Å². The van der Waals surface area contributed by atoms with Crippen LogP contribution in [0.5, 0.6) is 0 Å². The number of carbonyl (C=O) groups is 1. The minimum absolute atomic E-state index is 0.0413. The quantitative estimate of drug-likeness (QED) is 0.173. The molecule has 2 aromatic heterocycles.